The van der Waals surface area contributed by atoms with E-state index >= 15 is 0 Å². The fourth-order valence-corrected chi connectivity index (χ4v) is 4.68. The minimum atomic E-state index is -0.737. The number of fused-ring (bicyclic) bond motifs is 1. The number of nitrogens with zero attached hydrogens (tertiary/aromatic N) is 3. The van der Waals surface area contributed by atoms with Gasteiger partial charge in [0.25, 0.3) is 5.56 Å². The molecule has 4 rings (SSSR count). The van der Waals surface area contributed by atoms with Gasteiger partial charge in [0.2, 0.25) is 5.91 Å². The molecule has 2 heterocycles. The molecule has 0 fully saturated rings. The number of methoxy groups -OCH3 is 1. The molecule has 0 saturated heterocycles. The van der Waals surface area contributed by atoms with Gasteiger partial charge in [-0.2, -0.15) is 0 Å². The van der Waals surface area contributed by atoms with E-state index in [0.29, 0.717) is 10.1 Å². The first-order valence-electron chi connectivity index (χ1n) is 9.32. The van der Waals surface area contributed by atoms with Crippen LogP contribution in [0.3, 0.4) is 0 Å². The molecule has 164 valence electrons. The summed E-state index contributed by atoms with van der Waals surface area (Å²) in [5.41, 5.74) is -0.658. The van der Waals surface area contributed by atoms with Crippen molar-refractivity contribution in [2.45, 2.75) is 10.9 Å². The summed E-state index contributed by atoms with van der Waals surface area (Å²) in [4.78, 5) is 43.7. The molecule has 0 radical (unpaired) electrons. The Bertz CT molecular complexity index is 1440. The lowest BCUT2D eigenvalue weighted by Crippen LogP contribution is -2.40. The summed E-state index contributed by atoms with van der Waals surface area (Å²) in [6.07, 6.45) is 1.80. The van der Waals surface area contributed by atoms with Crippen LogP contribution in [0.4, 0.5) is 10.1 Å². The smallest absolute Gasteiger partial charge is 0.337 e. The monoisotopic (exact) mass is 472 g/mol. The molecule has 0 aliphatic carbocycles. The SMILES string of the molecule is COc1ccccc1-n1c(=O)c2sc(SC)nc2n(CC(=O)Nc2cccc(F)c2)c1=O. The van der Waals surface area contributed by atoms with Gasteiger partial charge < -0.3 is 10.1 Å². The zero-order valence-corrected chi connectivity index (χ0v) is 18.6. The van der Waals surface area contributed by atoms with Crippen molar-refractivity contribution >= 4 is 45.0 Å². The number of nitrogens with one attached hydrogen (secondary N) is 1. The highest BCUT2D eigenvalue weighted by molar-refractivity contribution is 8.00. The molecule has 8 nitrogen and oxygen atoms in total. The number of carbonyl (C=O) groups is 1. The Balaban J connectivity index is 1.87. The van der Waals surface area contributed by atoms with Crippen LogP contribution < -0.4 is 21.3 Å². The van der Waals surface area contributed by atoms with Crippen molar-refractivity contribution < 1.29 is 13.9 Å². The van der Waals surface area contributed by atoms with Crippen LogP contribution in [0.25, 0.3) is 16.0 Å². The van der Waals surface area contributed by atoms with E-state index in [0.717, 1.165) is 20.5 Å². The minimum Gasteiger partial charge on any atom is -0.495 e. The molecule has 0 saturated carbocycles. The van der Waals surface area contributed by atoms with Crippen molar-refractivity contribution in [1.82, 2.24) is 14.1 Å². The van der Waals surface area contributed by atoms with Crippen LogP contribution in [-0.4, -0.2) is 33.4 Å². The summed E-state index contributed by atoms with van der Waals surface area (Å²) in [6.45, 7) is -0.418. The number of rotatable bonds is 6. The van der Waals surface area contributed by atoms with Crippen LogP contribution in [0.15, 0.2) is 62.5 Å². The zero-order chi connectivity index (χ0) is 22.8. The molecule has 32 heavy (non-hydrogen) atoms. The third kappa shape index (κ3) is 4.04. The largest absolute Gasteiger partial charge is 0.495 e. The molecule has 1 N–H and O–H groups in total. The van der Waals surface area contributed by atoms with Crippen LogP contribution in [0.1, 0.15) is 0 Å². The van der Waals surface area contributed by atoms with Gasteiger partial charge in [-0.1, -0.05) is 30.0 Å². The highest BCUT2D eigenvalue weighted by atomic mass is 32.2. The maximum absolute atomic E-state index is 13.4. The Labute approximate surface area is 189 Å². The molecular weight excluding hydrogens is 455 g/mol. The predicted molar refractivity (Wildman–Crippen MR) is 123 cm³/mol. The lowest BCUT2D eigenvalue weighted by atomic mass is 10.3. The summed E-state index contributed by atoms with van der Waals surface area (Å²) in [5.74, 6) is -0.740. The maximum atomic E-state index is 13.4. The Kier molecular flexibility index (Phi) is 6.10. The number of hydrogen-bond acceptors (Lipinski definition) is 7. The Hall–Kier alpha value is -3.44. The molecule has 0 bridgehead atoms. The topological polar surface area (TPSA) is 95.2 Å². The number of amides is 1. The van der Waals surface area contributed by atoms with Gasteiger partial charge in [0.05, 0.1) is 12.8 Å². The number of ether oxygens (including phenoxy) is 1. The van der Waals surface area contributed by atoms with E-state index in [2.05, 4.69) is 10.3 Å². The van der Waals surface area contributed by atoms with E-state index in [1.807, 2.05) is 0 Å². The summed E-state index contributed by atoms with van der Waals surface area (Å²) in [5, 5.41) is 2.56. The van der Waals surface area contributed by atoms with Crippen LogP contribution in [0.2, 0.25) is 0 Å². The first-order chi connectivity index (χ1) is 15.4. The second-order valence-corrected chi connectivity index (χ2v) is 8.63. The van der Waals surface area contributed by atoms with Gasteiger partial charge in [0.15, 0.2) is 9.99 Å². The highest BCUT2D eigenvalue weighted by Crippen LogP contribution is 2.26. The Morgan fingerprint density at radius 2 is 2.00 bits per heavy atom. The second kappa shape index (κ2) is 8.97. The van der Waals surface area contributed by atoms with E-state index in [4.69, 9.17) is 4.74 Å². The van der Waals surface area contributed by atoms with Crippen molar-refractivity contribution in [3.8, 4) is 11.4 Å². The van der Waals surface area contributed by atoms with Crippen molar-refractivity contribution in [3.05, 3.63) is 75.2 Å². The van der Waals surface area contributed by atoms with Crippen LogP contribution in [0, 0.1) is 5.82 Å². The Morgan fingerprint density at radius 3 is 2.72 bits per heavy atom. The van der Waals surface area contributed by atoms with Crippen LogP contribution in [0.5, 0.6) is 5.75 Å². The average Bonchev–Trinajstić information content (AvgIpc) is 3.22. The van der Waals surface area contributed by atoms with E-state index < -0.39 is 29.5 Å². The number of aromatic nitrogens is 3. The molecule has 4 aromatic rings. The minimum absolute atomic E-state index is 0.120. The highest BCUT2D eigenvalue weighted by Gasteiger charge is 2.22. The molecule has 0 aliphatic heterocycles. The van der Waals surface area contributed by atoms with Crippen LogP contribution in [-0.2, 0) is 11.3 Å². The lowest BCUT2D eigenvalue weighted by Gasteiger charge is -2.13. The molecule has 1 amide bonds. The lowest BCUT2D eigenvalue weighted by molar-refractivity contribution is -0.116. The van der Waals surface area contributed by atoms with E-state index in [1.165, 1.54) is 43.1 Å². The zero-order valence-electron chi connectivity index (χ0n) is 17.0. The van der Waals surface area contributed by atoms with Gasteiger partial charge in [0, 0.05) is 5.69 Å². The van der Waals surface area contributed by atoms with Crippen molar-refractivity contribution in [1.29, 1.82) is 0 Å². The van der Waals surface area contributed by atoms with Gasteiger partial charge >= 0.3 is 5.69 Å². The summed E-state index contributed by atoms with van der Waals surface area (Å²) in [7, 11) is 1.44. The fraction of sp³-hybridized carbons (Fsp3) is 0.143. The quantitative estimate of drug-likeness (QED) is 0.434. The molecule has 0 atom stereocenters. The van der Waals surface area contributed by atoms with Crippen molar-refractivity contribution in [2.24, 2.45) is 0 Å². The van der Waals surface area contributed by atoms with E-state index in [1.54, 1.807) is 30.5 Å². The molecular formula is C21H17FN4O4S2. The number of hydrogen-bond donors (Lipinski definition) is 1. The normalized spacial score (nSPS) is 11.0. The number of para-hydroxylation sites is 2. The van der Waals surface area contributed by atoms with Gasteiger partial charge in [-0.25, -0.2) is 18.7 Å². The van der Waals surface area contributed by atoms with Crippen LogP contribution >= 0.6 is 23.1 Å². The first-order valence-corrected chi connectivity index (χ1v) is 11.4. The number of anilines is 1. The summed E-state index contributed by atoms with van der Waals surface area (Å²) >= 11 is 2.47. The van der Waals surface area contributed by atoms with E-state index in [9.17, 15) is 18.8 Å². The summed E-state index contributed by atoms with van der Waals surface area (Å²) in [6, 6.07) is 12.0. The Morgan fingerprint density at radius 1 is 1.22 bits per heavy atom. The average molecular weight is 473 g/mol. The molecule has 2 aromatic heterocycles. The molecule has 0 spiro atoms. The third-order valence-corrected chi connectivity index (χ3v) is 6.59. The number of halogens is 1. The van der Waals surface area contributed by atoms with Gasteiger partial charge in [0.1, 0.15) is 22.8 Å². The van der Waals surface area contributed by atoms with Crippen molar-refractivity contribution in [2.75, 3.05) is 18.7 Å². The maximum Gasteiger partial charge on any atom is 0.337 e. The second-order valence-electron chi connectivity index (χ2n) is 6.58. The van der Waals surface area contributed by atoms with Gasteiger partial charge in [-0.3, -0.25) is 14.2 Å². The van der Waals surface area contributed by atoms with Gasteiger partial charge in [-0.15, -0.1) is 11.3 Å². The first kappa shape index (κ1) is 21.8. The predicted octanol–water partition coefficient (Wildman–Crippen LogP) is 3.12. The third-order valence-electron chi connectivity index (χ3n) is 4.58. The number of carbonyl (C=O) groups excluding carboxylic acids is 1. The fourth-order valence-electron chi connectivity index (χ4n) is 3.18. The standard InChI is InChI=1S/C21H17FN4O4S2/c1-30-15-9-4-3-8-14(15)26-19(28)17-18(24-20(31-2)32-17)25(21(26)29)11-16(27)23-13-7-5-6-12(22)10-13/h3-10H,11H2,1-2H3,(H,23,27). The van der Waals surface area contributed by atoms with Gasteiger partial charge in [-0.05, 0) is 36.6 Å². The van der Waals surface area contributed by atoms with E-state index in [-0.39, 0.29) is 21.7 Å². The molecule has 11 heteroatoms. The van der Waals surface area contributed by atoms with Crippen molar-refractivity contribution in [3.63, 3.8) is 0 Å². The number of benzene rings is 2. The molecule has 2 aromatic carbocycles. The number of thiazole rings is 1. The molecule has 0 unspecified atom stereocenters. The molecule has 0 aliphatic rings. The summed E-state index contributed by atoms with van der Waals surface area (Å²) < 4.78 is 21.7. The number of thioether (sulfide) groups is 1.